The van der Waals surface area contributed by atoms with Crippen LogP contribution in [0.5, 0.6) is 0 Å². The van der Waals surface area contributed by atoms with E-state index in [0.29, 0.717) is 0 Å². The van der Waals surface area contributed by atoms with Crippen LogP contribution in [0.25, 0.3) is 6.08 Å². The van der Waals surface area contributed by atoms with Crippen molar-refractivity contribution >= 4 is 22.0 Å². The highest BCUT2D eigenvalue weighted by Crippen LogP contribution is 2.17. The first-order valence-corrected chi connectivity index (χ1v) is 8.86. The number of carbonyl (C=O) groups is 1. The highest BCUT2D eigenvalue weighted by molar-refractivity contribution is 7.89. The maximum Gasteiger partial charge on any atom is 0.266 e. The molecule has 0 aliphatic rings. The van der Waals surface area contributed by atoms with E-state index in [1.165, 1.54) is 25.3 Å². The van der Waals surface area contributed by atoms with Gasteiger partial charge in [0.25, 0.3) is 15.9 Å². The standard InChI is InChI=1S/C17H21N3O3S/c1-12-6-8-15(9-7-12)24(22,23)20(5)17(21)11-10-16-13(2)18-19(4)14(16)3/h6-11H,1-5H3/b11-10-. The largest absolute Gasteiger partial charge is 0.272 e. The quantitative estimate of drug-likeness (QED) is 0.795. The van der Waals surface area contributed by atoms with E-state index in [1.807, 2.05) is 27.8 Å². The van der Waals surface area contributed by atoms with Gasteiger partial charge in [0.05, 0.1) is 10.6 Å². The van der Waals surface area contributed by atoms with E-state index < -0.39 is 15.9 Å². The van der Waals surface area contributed by atoms with Crippen molar-refractivity contribution < 1.29 is 13.2 Å². The maximum absolute atomic E-state index is 12.5. The fraction of sp³-hybridized carbons (Fsp3) is 0.294. The molecule has 0 fully saturated rings. The van der Waals surface area contributed by atoms with Gasteiger partial charge in [0, 0.05) is 31.4 Å². The van der Waals surface area contributed by atoms with Crippen LogP contribution in [0.3, 0.4) is 0 Å². The Balaban J connectivity index is 2.25. The fourth-order valence-electron chi connectivity index (χ4n) is 2.28. The van der Waals surface area contributed by atoms with Crippen LogP contribution in [0, 0.1) is 20.8 Å². The van der Waals surface area contributed by atoms with E-state index in [0.717, 1.165) is 26.8 Å². The third kappa shape index (κ3) is 3.41. The second-order valence-electron chi connectivity index (χ2n) is 5.67. The molecular weight excluding hydrogens is 326 g/mol. The molecular formula is C17H21N3O3S. The molecule has 0 aliphatic heterocycles. The van der Waals surface area contributed by atoms with Gasteiger partial charge in [-0.15, -0.1) is 0 Å². The zero-order valence-electron chi connectivity index (χ0n) is 14.4. The van der Waals surface area contributed by atoms with Crippen molar-refractivity contribution in [2.75, 3.05) is 7.05 Å². The number of aryl methyl sites for hydroxylation is 3. The van der Waals surface area contributed by atoms with Gasteiger partial charge in [-0.05, 0) is 39.0 Å². The number of likely N-dealkylation sites (N-methyl/N-ethyl adjacent to an activating group) is 1. The third-order valence-electron chi connectivity index (χ3n) is 3.95. The summed E-state index contributed by atoms with van der Waals surface area (Å²) < 4.78 is 27.4. The summed E-state index contributed by atoms with van der Waals surface area (Å²) in [6.07, 6.45) is 2.85. The minimum atomic E-state index is -3.86. The van der Waals surface area contributed by atoms with Crippen LogP contribution < -0.4 is 0 Å². The number of carbonyl (C=O) groups excluding carboxylic acids is 1. The zero-order chi connectivity index (χ0) is 18.1. The lowest BCUT2D eigenvalue weighted by molar-refractivity contribution is -0.120. The van der Waals surface area contributed by atoms with Gasteiger partial charge in [0.1, 0.15) is 0 Å². The highest BCUT2D eigenvalue weighted by atomic mass is 32.2. The molecule has 0 saturated heterocycles. The van der Waals surface area contributed by atoms with E-state index in [9.17, 15) is 13.2 Å². The van der Waals surface area contributed by atoms with Gasteiger partial charge in [-0.25, -0.2) is 12.7 Å². The fourth-order valence-corrected chi connectivity index (χ4v) is 3.37. The molecule has 0 radical (unpaired) electrons. The summed E-state index contributed by atoms with van der Waals surface area (Å²) in [6.45, 7) is 5.59. The van der Waals surface area contributed by atoms with Crippen LogP contribution in [-0.4, -0.2) is 35.5 Å². The van der Waals surface area contributed by atoms with Gasteiger partial charge >= 0.3 is 0 Å². The molecule has 0 bridgehead atoms. The number of amides is 1. The predicted molar refractivity (Wildman–Crippen MR) is 92.9 cm³/mol. The van der Waals surface area contributed by atoms with Crippen LogP contribution in [0.1, 0.15) is 22.5 Å². The van der Waals surface area contributed by atoms with Crippen molar-refractivity contribution in [3.05, 3.63) is 52.9 Å². The maximum atomic E-state index is 12.5. The molecule has 1 heterocycles. The summed E-state index contributed by atoms with van der Waals surface area (Å²) in [5, 5.41) is 4.26. The summed E-state index contributed by atoms with van der Waals surface area (Å²) in [5.74, 6) is -0.613. The third-order valence-corrected chi connectivity index (χ3v) is 5.72. The Hall–Kier alpha value is -2.41. The Bertz CT molecular complexity index is 894. The van der Waals surface area contributed by atoms with E-state index in [2.05, 4.69) is 5.10 Å². The van der Waals surface area contributed by atoms with Crippen LogP contribution in [0.15, 0.2) is 35.2 Å². The number of nitrogens with zero attached hydrogens (tertiary/aromatic N) is 3. The summed E-state index contributed by atoms with van der Waals surface area (Å²) >= 11 is 0. The second-order valence-corrected chi connectivity index (χ2v) is 7.63. The van der Waals surface area contributed by atoms with Crippen molar-refractivity contribution in [1.29, 1.82) is 0 Å². The number of sulfonamides is 1. The Morgan fingerprint density at radius 1 is 1.17 bits per heavy atom. The normalized spacial score (nSPS) is 11.9. The Morgan fingerprint density at radius 3 is 2.25 bits per heavy atom. The number of rotatable bonds is 4. The lowest BCUT2D eigenvalue weighted by Gasteiger charge is -2.15. The molecule has 0 atom stereocenters. The Labute approximate surface area is 142 Å². The molecule has 1 aromatic heterocycles. The summed E-state index contributed by atoms with van der Waals surface area (Å²) in [6, 6.07) is 6.38. The van der Waals surface area contributed by atoms with Gasteiger partial charge in [-0.2, -0.15) is 5.10 Å². The molecule has 24 heavy (non-hydrogen) atoms. The molecule has 1 aromatic carbocycles. The number of benzene rings is 1. The summed E-state index contributed by atoms with van der Waals surface area (Å²) in [4.78, 5) is 12.4. The van der Waals surface area contributed by atoms with E-state index in [1.54, 1.807) is 22.9 Å². The molecule has 0 saturated carbocycles. The smallest absolute Gasteiger partial charge is 0.266 e. The number of hydrogen-bond donors (Lipinski definition) is 0. The molecule has 0 aliphatic carbocycles. The van der Waals surface area contributed by atoms with Gasteiger partial charge in [-0.3, -0.25) is 9.48 Å². The lowest BCUT2D eigenvalue weighted by Crippen LogP contribution is -2.31. The van der Waals surface area contributed by atoms with E-state index in [-0.39, 0.29) is 4.90 Å². The minimum Gasteiger partial charge on any atom is -0.272 e. The molecule has 7 heteroatoms. The van der Waals surface area contributed by atoms with Gasteiger partial charge < -0.3 is 0 Å². The number of aromatic nitrogens is 2. The molecule has 0 spiro atoms. The average molecular weight is 347 g/mol. The molecule has 1 amide bonds. The van der Waals surface area contributed by atoms with Crippen molar-refractivity contribution in [2.24, 2.45) is 7.05 Å². The van der Waals surface area contributed by atoms with Crippen LogP contribution in [-0.2, 0) is 21.9 Å². The lowest BCUT2D eigenvalue weighted by atomic mass is 10.2. The zero-order valence-corrected chi connectivity index (χ0v) is 15.3. The van der Waals surface area contributed by atoms with Gasteiger partial charge in [0.15, 0.2) is 0 Å². The molecule has 2 aromatic rings. The molecule has 0 N–H and O–H groups in total. The van der Waals surface area contributed by atoms with Crippen LogP contribution in [0.4, 0.5) is 0 Å². The first-order valence-electron chi connectivity index (χ1n) is 7.42. The van der Waals surface area contributed by atoms with Crippen molar-refractivity contribution in [1.82, 2.24) is 14.1 Å². The van der Waals surface area contributed by atoms with Gasteiger partial charge in [0.2, 0.25) is 0 Å². The average Bonchev–Trinajstić information content (AvgIpc) is 2.77. The Morgan fingerprint density at radius 2 is 1.75 bits per heavy atom. The van der Waals surface area contributed by atoms with E-state index in [4.69, 9.17) is 0 Å². The van der Waals surface area contributed by atoms with Gasteiger partial charge in [-0.1, -0.05) is 17.7 Å². The number of hydrogen-bond acceptors (Lipinski definition) is 4. The van der Waals surface area contributed by atoms with E-state index >= 15 is 0 Å². The molecule has 2 rings (SSSR count). The monoisotopic (exact) mass is 347 g/mol. The summed E-state index contributed by atoms with van der Waals surface area (Å²) in [7, 11) is -0.793. The minimum absolute atomic E-state index is 0.0890. The highest BCUT2D eigenvalue weighted by Gasteiger charge is 2.24. The Kier molecular flexibility index (Phi) is 4.94. The first kappa shape index (κ1) is 17.9. The van der Waals surface area contributed by atoms with Crippen LogP contribution >= 0.6 is 0 Å². The predicted octanol–water partition coefficient (Wildman–Crippen LogP) is 2.21. The topological polar surface area (TPSA) is 72.3 Å². The van der Waals surface area contributed by atoms with Crippen LogP contribution in [0.2, 0.25) is 0 Å². The molecule has 128 valence electrons. The molecule has 0 unspecified atom stereocenters. The first-order chi connectivity index (χ1) is 11.1. The molecule has 6 nitrogen and oxygen atoms in total. The SMILES string of the molecule is Cc1ccc(S(=O)(=O)N(C)C(=O)/C=C\c2c(C)nn(C)c2C)cc1. The van der Waals surface area contributed by atoms with Crippen molar-refractivity contribution in [2.45, 2.75) is 25.7 Å². The summed E-state index contributed by atoms with van der Waals surface area (Å²) in [5.41, 5.74) is 3.45. The van der Waals surface area contributed by atoms with Crippen molar-refractivity contribution in [3.63, 3.8) is 0 Å². The second kappa shape index (κ2) is 6.60. The van der Waals surface area contributed by atoms with Crippen molar-refractivity contribution in [3.8, 4) is 0 Å².